The molecule has 0 fully saturated rings. The van der Waals surface area contributed by atoms with Crippen LogP contribution in [0.25, 0.3) is 0 Å². The predicted octanol–water partition coefficient (Wildman–Crippen LogP) is -3.35. The minimum absolute atomic E-state index is 0. The molecule has 0 amide bonds. The maximum absolute atomic E-state index is 10.5. The third-order valence-corrected chi connectivity index (χ3v) is 8.18. The average Bonchev–Trinajstić information content (AvgIpc) is 2.58. The van der Waals surface area contributed by atoms with Gasteiger partial charge in [-0.05, 0) is 86.7 Å². The standard InChI is InChI=1S/2C7H19N2O3PS.5H2O/c2*1-7(5-9-4-2-3-8)6-14-13(10,11)12;;;;;/h2*7,9H,2-6,8H2,1H3,(H2,10,11,12);5*1H2. The summed E-state index contributed by atoms with van der Waals surface area (Å²) in [6.07, 6.45) is 1.86. The third kappa shape index (κ3) is 50.5. The number of hydrogen-bond donors (Lipinski definition) is 8. The van der Waals surface area contributed by atoms with Crippen molar-refractivity contribution < 1.29 is 56.1 Å². The summed E-state index contributed by atoms with van der Waals surface area (Å²) < 4.78 is 21.1. The lowest BCUT2D eigenvalue weighted by Gasteiger charge is -2.12. The van der Waals surface area contributed by atoms with Crippen molar-refractivity contribution in [2.75, 3.05) is 50.8 Å². The van der Waals surface area contributed by atoms with Gasteiger partial charge in [-0.2, -0.15) is 0 Å². The molecular weight excluding hydrogens is 526 g/mol. The third-order valence-electron chi connectivity index (χ3n) is 3.16. The molecule has 0 spiro atoms. The van der Waals surface area contributed by atoms with Crippen molar-refractivity contribution >= 4 is 36.4 Å². The Balaban J connectivity index is -0.0000000712. The predicted molar refractivity (Wildman–Crippen MR) is 138 cm³/mol. The number of nitrogens with two attached hydrogens (primary N) is 2. The minimum Gasteiger partial charge on any atom is -0.412 e. The van der Waals surface area contributed by atoms with Crippen LogP contribution in [0.15, 0.2) is 0 Å². The highest BCUT2D eigenvalue weighted by Gasteiger charge is 2.16. The van der Waals surface area contributed by atoms with Gasteiger partial charge in [0.25, 0.3) is 0 Å². The van der Waals surface area contributed by atoms with Gasteiger partial charge in [0.2, 0.25) is 0 Å². The Hall–Kier alpha value is 0.640. The van der Waals surface area contributed by atoms with E-state index < -0.39 is 13.6 Å². The molecule has 0 aliphatic carbocycles. The Morgan fingerprint density at radius 3 is 1.18 bits per heavy atom. The molecule has 0 aromatic carbocycles. The fraction of sp³-hybridized carbons (Fsp3) is 1.00. The van der Waals surface area contributed by atoms with Gasteiger partial charge in [-0.1, -0.05) is 13.8 Å². The van der Waals surface area contributed by atoms with Crippen LogP contribution in [0.2, 0.25) is 0 Å². The zero-order valence-corrected chi connectivity index (χ0v) is 22.6. The summed E-state index contributed by atoms with van der Waals surface area (Å²) in [5.74, 6) is 1.45. The fourth-order valence-corrected chi connectivity index (χ4v) is 5.54. The second-order valence-corrected chi connectivity index (χ2v) is 14.0. The van der Waals surface area contributed by atoms with Crippen molar-refractivity contribution in [2.24, 2.45) is 23.3 Å². The van der Waals surface area contributed by atoms with Gasteiger partial charge >= 0.3 is 13.6 Å². The summed E-state index contributed by atoms with van der Waals surface area (Å²) in [7, 11) is 0. The Bertz CT molecular complexity index is 425. The van der Waals surface area contributed by atoms with Crippen molar-refractivity contribution in [2.45, 2.75) is 26.7 Å². The Labute approximate surface area is 204 Å². The number of nitrogens with one attached hydrogen (secondary N) is 2. The first-order chi connectivity index (χ1) is 12.9. The summed E-state index contributed by atoms with van der Waals surface area (Å²) in [6.45, 7) is 0.719. The van der Waals surface area contributed by atoms with Gasteiger partial charge in [0.05, 0.1) is 0 Å². The van der Waals surface area contributed by atoms with Crippen molar-refractivity contribution in [3.05, 3.63) is 0 Å². The Kier molecular flexibility index (Phi) is 46.9. The van der Waals surface area contributed by atoms with Gasteiger partial charge in [-0.15, -0.1) is 0 Å². The first-order valence-corrected chi connectivity index (χ1v) is 15.5. The molecule has 20 N–H and O–H groups in total. The van der Waals surface area contributed by atoms with Crippen LogP contribution >= 0.6 is 36.4 Å². The van der Waals surface area contributed by atoms with Gasteiger partial charge in [-0.3, -0.25) is 0 Å². The molecule has 0 heterocycles. The molecule has 2 atom stereocenters. The molecule has 0 saturated carbocycles. The molecule has 15 nitrogen and oxygen atoms in total. The molecular formula is C14H48N4O11P2S2. The van der Waals surface area contributed by atoms with E-state index in [1.165, 1.54) is 0 Å². The first-order valence-electron chi connectivity index (χ1n) is 9.13. The smallest absolute Gasteiger partial charge is 0.383 e. The molecule has 2 unspecified atom stereocenters. The van der Waals surface area contributed by atoms with Gasteiger partial charge in [-0.25, -0.2) is 9.13 Å². The van der Waals surface area contributed by atoms with Crippen LogP contribution in [0.4, 0.5) is 0 Å². The van der Waals surface area contributed by atoms with Crippen molar-refractivity contribution in [3.63, 3.8) is 0 Å². The highest BCUT2D eigenvalue weighted by Crippen LogP contribution is 2.51. The van der Waals surface area contributed by atoms with E-state index >= 15 is 0 Å². The zero-order valence-electron chi connectivity index (χ0n) is 19.2. The Morgan fingerprint density at radius 2 is 0.970 bits per heavy atom. The van der Waals surface area contributed by atoms with E-state index in [2.05, 4.69) is 10.6 Å². The zero-order chi connectivity index (χ0) is 22.1. The van der Waals surface area contributed by atoms with Crippen LogP contribution in [0, 0.1) is 11.8 Å². The van der Waals surface area contributed by atoms with Crippen LogP contribution in [0.1, 0.15) is 26.7 Å². The molecule has 0 aromatic rings. The van der Waals surface area contributed by atoms with Crippen LogP contribution in [-0.4, -0.2) is 97.7 Å². The lowest BCUT2D eigenvalue weighted by atomic mass is 10.2. The van der Waals surface area contributed by atoms with Crippen LogP contribution in [-0.2, 0) is 9.13 Å². The lowest BCUT2D eigenvalue weighted by Crippen LogP contribution is -2.24. The normalized spacial score (nSPS) is 12.1. The maximum atomic E-state index is 10.5. The average molecular weight is 575 g/mol. The van der Waals surface area contributed by atoms with Gasteiger partial charge in [0.1, 0.15) is 0 Å². The van der Waals surface area contributed by atoms with E-state index in [0.717, 1.165) is 39.0 Å². The summed E-state index contributed by atoms with van der Waals surface area (Å²) in [5.41, 5.74) is 10.6. The molecule has 0 radical (unpaired) electrons. The van der Waals surface area contributed by atoms with Gasteiger partial charge in [0.15, 0.2) is 0 Å². The first kappa shape index (κ1) is 50.5. The summed E-state index contributed by atoms with van der Waals surface area (Å²) >= 11 is 1.41. The quantitative estimate of drug-likeness (QED) is 0.0661. The van der Waals surface area contributed by atoms with Gasteiger partial charge in [0, 0.05) is 11.5 Å². The largest absolute Gasteiger partial charge is 0.412 e. The molecule has 212 valence electrons. The van der Waals surface area contributed by atoms with Gasteiger partial charge < -0.3 is 69.1 Å². The van der Waals surface area contributed by atoms with Crippen LogP contribution in [0.3, 0.4) is 0 Å². The summed E-state index contributed by atoms with van der Waals surface area (Å²) in [6, 6.07) is 0. The second kappa shape index (κ2) is 30.7. The topological polar surface area (TPSA) is 349 Å². The monoisotopic (exact) mass is 574 g/mol. The fourth-order valence-electron chi connectivity index (χ4n) is 1.72. The molecule has 33 heavy (non-hydrogen) atoms. The van der Waals surface area contributed by atoms with E-state index in [4.69, 9.17) is 31.0 Å². The Morgan fingerprint density at radius 1 is 0.697 bits per heavy atom. The number of hydrogen-bond acceptors (Lipinski definition) is 8. The second-order valence-electron chi connectivity index (χ2n) is 6.48. The maximum Gasteiger partial charge on any atom is 0.383 e. The van der Waals surface area contributed by atoms with E-state index in [9.17, 15) is 9.13 Å². The molecule has 0 rings (SSSR count). The minimum atomic E-state index is -3.90. The van der Waals surface area contributed by atoms with Crippen molar-refractivity contribution in [3.8, 4) is 0 Å². The molecule has 0 saturated heterocycles. The van der Waals surface area contributed by atoms with E-state index in [0.29, 0.717) is 47.4 Å². The highest BCUT2D eigenvalue weighted by molar-refractivity contribution is 8.54. The van der Waals surface area contributed by atoms with E-state index in [1.54, 1.807) is 0 Å². The lowest BCUT2D eigenvalue weighted by molar-refractivity contribution is 0.394. The van der Waals surface area contributed by atoms with Crippen molar-refractivity contribution in [1.82, 2.24) is 10.6 Å². The van der Waals surface area contributed by atoms with Crippen molar-refractivity contribution in [1.29, 1.82) is 0 Å². The molecule has 0 aliphatic heterocycles. The van der Waals surface area contributed by atoms with Crippen LogP contribution < -0.4 is 22.1 Å². The molecule has 0 bridgehead atoms. The molecule has 19 heteroatoms. The molecule has 0 aromatic heterocycles. The van der Waals surface area contributed by atoms with E-state index in [1.807, 2.05) is 13.8 Å². The highest BCUT2D eigenvalue weighted by atomic mass is 32.7. The molecule has 0 aliphatic rings. The SMILES string of the molecule is CC(CNCCCN)CSP(=O)(O)O.CC(CNCCCN)CSP(=O)(O)O.O.O.O.O.O. The van der Waals surface area contributed by atoms with E-state index in [-0.39, 0.29) is 39.2 Å². The van der Waals surface area contributed by atoms with Crippen LogP contribution in [0.5, 0.6) is 0 Å². The summed E-state index contributed by atoms with van der Waals surface area (Å²) in [5, 5.41) is 6.35. The summed E-state index contributed by atoms with van der Waals surface area (Å²) in [4.78, 5) is 34.5. The number of rotatable bonds is 16.